The van der Waals surface area contributed by atoms with Crippen molar-refractivity contribution in [1.82, 2.24) is 15.5 Å². The van der Waals surface area contributed by atoms with Gasteiger partial charge in [0, 0.05) is 6.54 Å². The van der Waals surface area contributed by atoms with Crippen molar-refractivity contribution in [2.75, 3.05) is 39.8 Å². The van der Waals surface area contributed by atoms with E-state index in [0.717, 1.165) is 19.0 Å². The fourth-order valence-corrected chi connectivity index (χ4v) is 2.30. The van der Waals surface area contributed by atoms with Crippen LogP contribution in [0, 0.1) is 11.8 Å². The molecule has 1 heterocycles. The Morgan fingerprint density at radius 2 is 1.76 bits per heavy atom. The van der Waals surface area contributed by atoms with E-state index in [1.807, 2.05) is 0 Å². The molecule has 1 saturated carbocycles. The predicted molar refractivity (Wildman–Crippen MR) is 68.8 cm³/mol. The lowest BCUT2D eigenvalue weighted by Gasteiger charge is -2.28. The molecule has 1 amide bonds. The van der Waals surface area contributed by atoms with Crippen molar-refractivity contribution in [3.8, 4) is 0 Å². The molecule has 0 radical (unpaired) electrons. The summed E-state index contributed by atoms with van der Waals surface area (Å²) in [6.07, 6.45) is 5.10. The van der Waals surface area contributed by atoms with Crippen molar-refractivity contribution in [1.29, 1.82) is 0 Å². The van der Waals surface area contributed by atoms with Crippen LogP contribution in [0.15, 0.2) is 0 Å². The van der Waals surface area contributed by atoms with Gasteiger partial charge in [-0.1, -0.05) is 0 Å². The number of hydrogen-bond donors (Lipinski definition) is 2. The van der Waals surface area contributed by atoms with Gasteiger partial charge >= 0.3 is 0 Å². The Morgan fingerprint density at radius 1 is 1.12 bits per heavy atom. The highest BCUT2D eigenvalue weighted by molar-refractivity contribution is 5.77. The SMILES string of the molecule is CN1CCC(CNC(=O)CNCC2CC2)CC1. The van der Waals surface area contributed by atoms with Crippen molar-refractivity contribution in [2.24, 2.45) is 11.8 Å². The van der Waals surface area contributed by atoms with Gasteiger partial charge in [0.15, 0.2) is 0 Å². The molecular weight excluding hydrogens is 214 g/mol. The summed E-state index contributed by atoms with van der Waals surface area (Å²) < 4.78 is 0. The first-order valence-electron chi connectivity index (χ1n) is 6.90. The molecule has 2 fully saturated rings. The van der Waals surface area contributed by atoms with Gasteiger partial charge in [-0.3, -0.25) is 4.79 Å². The van der Waals surface area contributed by atoms with Crippen molar-refractivity contribution < 1.29 is 4.79 Å². The molecule has 0 aromatic rings. The summed E-state index contributed by atoms with van der Waals surface area (Å²) >= 11 is 0. The fourth-order valence-electron chi connectivity index (χ4n) is 2.30. The largest absolute Gasteiger partial charge is 0.355 e. The molecular formula is C13H25N3O. The van der Waals surface area contributed by atoms with E-state index in [4.69, 9.17) is 0 Å². The molecule has 1 aliphatic heterocycles. The molecule has 1 aliphatic carbocycles. The number of nitrogens with zero attached hydrogens (tertiary/aromatic N) is 1. The van der Waals surface area contributed by atoms with Crippen LogP contribution in [0.5, 0.6) is 0 Å². The Kier molecular flexibility index (Phi) is 4.80. The summed E-state index contributed by atoms with van der Waals surface area (Å²) in [5.41, 5.74) is 0. The molecule has 2 rings (SSSR count). The molecule has 98 valence electrons. The maximum Gasteiger partial charge on any atom is 0.233 e. The molecule has 0 unspecified atom stereocenters. The molecule has 4 heteroatoms. The third kappa shape index (κ3) is 5.04. The highest BCUT2D eigenvalue weighted by Crippen LogP contribution is 2.27. The second-order valence-electron chi connectivity index (χ2n) is 5.63. The minimum Gasteiger partial charge on any atom is -0.355 e. The number of amides is 1. The molecule has 2 N–H and O–H groups in total. The maximum absolute atomic E-state index is 11.6. The molecule has 4 nitrogen and oxygen atoms in total. The first-order chi connectivity index (χ1) is 8.24. The third-order valence-corrected chi connectivity index (χ3v) is 3.84. The van der Waals surface area contributed by atoms with E-state index in [2.05, 4.69) is 22.6 Å². The van der Waals surface area contributed by atoms with Gasteiger partial charge in [-0.15, -0.1) is 0 Å². The van der Waals surface area contributed by atoms with E-state index in [-0.39, 0.29) is 5.91 Å². The predicted octanol–water partition coefficient (Wildman–Crippen LogP) is 0.444. The molecule has 0 aromatic carbocycles. The zero-order valence-electron chi connectivity index (χ0n) is 10.9. The molecule has 1 saturated heterocycles. The summed E-state index contributed by atoms with van der Waals surface area (Å²) in [6.45, 7) is 4.70. The average molecular weight is 239 g/mol. The van der Waals surface area contributed by atoms with E-state index >= 15 is 0 Å². The number of hydrogen-bond acceptors (Lipinski definition) is 3. The van der Waals surface area contributed by atoms with Crippen LogP contribution in [0.4, 0.5) is 0 Å². The van der Waals surface area contributed by atoms with Gasteiger partial charge in [0.25, 0.3) is 0 Å². The van der Waals surface area contributed by atoms with E-state index in [1.54, 1.807) is 0 Å². The van der Waals surface area contributed by atoms with Crippen LogP contribution < -0.4 is 10.6 Å². The number of carbonyl (C=O) groups excluding carboxylic acids is 1. The van der Waals surface area contributed by atoms with E-state index in [0.29, 0.717) is 12.5 Å². The number of carbonyl (C=O) groups is 1. The van der Waals surface area contributed by atoms with Gasteiger partial charge < -0.3 is 15.5 Å². The van der Waals surface area contributed by atoms with Gasteiger partial charge in [-0.05, 0) is 64.2 Å². The topological polar surface area (TPSA) is 44.4 Å². The zero-order chi connectivity index (χ0) is 12.1. The standard InChI is InChI=1S/C13H25N3O/c1-16-6-4-12(5-7-16)9-15-13(17)10-14-8-11-2-3-11/h11-12,14H,2-10H2,1H3,(H,15,17). The van der Waals surface area contributed by atoms with Crippen molar-refractivity contribution in [3.05, 3.63) is 0 Å². The van der Waals surface area contributed by atoms with E-state index in [9.17, 15) is 4.79 Å². The summed E-state index contributed by atoms with van der Waals surface area (Å²) in [5, 5.41) is 6.26. The normalized spacial score (nSPS) is 22.6. The summed E-state index contributed by atoms with van der Waals surface area (Å²) in [4.78, 5) is 13.9. The lowest BCUT2D eigenvalue weighted by molar-refractivity contribution is -0.120. The van der Waals surface area contributed by atoms with Crippen molar-refractivity contribution in [2.45, 2.75) is 25.7 Å². The summed E-state index contributed by atoms with van der Waals surface area (Å²) in [5.74, 6) is 1.68. The summed E-state index contributed by atoms with van der Waals surface area (Å²) in [7, 11) is 2.16. The Morgan fingerprint density at radius 3 is 2.41 bits per heavy atom. The highest BCUT2D eigenvalue weighted by Gasteiger charge is 2.21. The van der Waals surface area contributed by atoms with E-state index in [1.165, 1.54) is 38.8 Å². The Hall–Kier alpha value is -0.610. The highest BCUT2D eigenvalue weighted by atomic mass is 16.1. The first-order valence-corrected chi connectivity index (χ1v) is 6.90. The minimum absolute atomic E-state index is 0.157. The fraction of sp³-hybridized carbons (Fsp3) is 0.923. The monoisotopic (exact) mass is 239 g/mol. The second kappa shape index (κ2) is 6.36. The van der Waals surface area contributed by atoms with Crippen LogP contribution in [0.25, 0.3) is 0 Å². The average Bonchev–Trinajstić information content (AvgIpc) is 3.12. The number of nitrogens with one attached hydrogen (secondary N) is 2. The lowest BCUT2D eigenvalue weighted by atomic mass is 9.97. The van der Waals surface area contributed by atoms with Crippen LogP contribution >= 0.6 is 0 Å². The van der Waals surface area contributed by atoms with Crippen molar-refractivity contribution >= 4 is 5.91 Å². The van der Waals surface area contributed by atoms with Gasteiger partial charge in [0.1, 0.15) is 0 Å². The third-order valence-electron chi connectivity index (χ3n) is 3.84. The van der Waals surface area contributed by atoms with Crippen LogP contribution in [0.3, 0.4) is 0 Å². The molecule has 0 bridgehead atoms. The maximum atomic E-state index is 11.6. The second-order valence-corrected chi connectivity index (χ2v) is 5.63. The summed E-state index contributed by atoms with van der Waals surface area (Å²) in [6, 6.07) is 0. The number of rotatable bonds is 6. The molecule has 0 atom stereocenters. The van der Waals surface area contributed by atoms with Crippen LogP contribution in [-0.2, 0) is 4.79 Å². The van der Waals surface area contributed by atoms with Gasteiger partial charge in [0.05, 0.1) is 6.54 Å². The Bertz CT molecular complexity index is 245. The van der Waals surface area contributed by atoms with Crippen molar-refractivity contribution in [3.63, 3.8) is 0 Å². The smallest absolute Gasteiger partial charge is 0.233 e. The number of piperidine rings is 1. The minimum atomic E-state index is 0.157. The molecule has 0 aromatic heterocycles. The van der Waals surface area contributed by atoms with Gasteiger partial charge in [0.2, 0.25) is 5.91 Å². The number of likely N-dealkylation sites (tertiary alicyclic amines) is 1. The molecule has 2 aliphatic rings. The Labute approximate surface area is 104 Å². The van der Waals surface area contributed by atoms with Gasteiger partial charge in [-0.25, -0.2) is 0 Å². The first kappa shape index (κ1) is 12.8. The van der Waals surface area contributed by atoms with E-state index < -0.39 is 0 Å². The lowest BCUT2D eigenvalue weighted by Crippen LogP contribution is -2.40. The van der Waals surface area contributed by atoms with Crippen LogP contribution in [0.1, 0.15) is 25.7 Å². The van der Waals surface area contributed by atoms with Crippen LogP contribution in [-0.4, -0.2) is 50.6 Å². The molecule has 0 spiro atoms. The Balaban J connectivity index is 1.49. The van der Waals surface area contributed by atoms with Crippen LogP contribution in [0.2, 0.25) is 0 Å². The molecule has 17 heavy (non-hydrogen) atoms. The quantitative estimate of drug-likeness (QED) is 0.707. The van der Waals surface area contributed by atoms with Gasteiger partial charge in [-0.2, -0.15) is 0 Å². The zero-order valence-corrected chi connectivity index (χ0v) is 10.9.